The fourth-order valence-electron chi connectivity index (χ4n) is 3.20. The molecule has 2 unspecified atom stereocenters. The van der Waals surface area contributed by atoms with E-state index < -0.39 is 0 Å². The Morgan fingerprint density at radius 1 is 0.750 bits per heavy atom. The van der Waals surface area contributed by atoms with Crippen LogP contribution in [0.2, 0.25) is 0 Å². The molecule has 0 spiro atoms. The number of nitrogens with zero attached hydrogens (tertiary/aromatic N) is 2. The monoisotopic (exact) mass is 704 g/mol. The number of aromatic amines is 1. The highest BCUT2D eigenvalue weighted by atomic mass is 32.2. The third-order valence-corrected chi connectivity index (χ3v) is 12.1. The van der Waals surface area contributed by atoms with Crippen molar-refractivity contribution >= 4 is 100 Å². The van der Waals surface area contributed by atoms with Gasteiger partial charge in [-0.05, 0) is 74.3 Å². The molecule has 6 rings (SSSR count). The van der Waals surface area contributed by atoms with Gasteiger partial charge in [-0.15, -0.1) is 34.0 Å². The minimum Gasteiger partial charge on any atom is -0.870 e. The molecule has 6 aromatic rings. The van der Waals surface area contributed by atoms with Gasteiger partial charge in [-0.3, -0.25) is 0 Å². The summed E-state index contributed by atoms with van der Waals surface area (Å²) in [6.45, 7) is 12.7. The summed E-state index contributed by atoms with van der Waals surface area (Å²) in [5.74, 6) is 1.88. The van der Waals surface area contributed by atoms with Crippen LogP contribution in [0.15, 0.2) is 81.5 Å². The Morgan fingerprint density at radius 3 is 1.75 bits per heavy atom. The fourth-order valence-corrected chi connectivity index (χ4v) is 8.68. The van der Waals surface area contributed by atoms with Gasteiger partial charge in [-0.1, -0.05) is 94.5 Å². The van der Waals surface area contributed by atoms with E-state index in [1.165, 1.54) is 29.2 Å². The van der Waals surface area contributed by atoms with Gasteiger partial charge in [0.25, 0.3) is 0 Å². The molecule has 3 aromatic heterocycles. The minimum atomic E-state index is -0.116. The van der Waals surface area contributed by atoms with Crippen LogP contribution in [-0.4, -0.2) is 42.6 Å². The number of H-pyrrole nitrogens is 1. The van der Waals surface area contributed by atoms with Crippen molar-refractivity contribution in [3.8, 4) is 0 Å². The molecule has 3 aromatic carbocycles. The standard InChI is InChI=1S/2C11H13NS2.C7H5NS2.C4H10O.H2O/c1-8(2)7-13-11-12-9-5-3-4-6-10(9)14-11;1-3-8(2)13-11-12-9-6-4-5-7-10(9)14-11;9-7-8-5-3-1-2-4-6(5)10-7;1-3-4(2)5;/h3-6,8H,7H2,1-2H3;4-8H,3H2,1-2H3;1-4H,(H,8,9);4-5H,3H2,1-2H3;1H2/p-1. The molecule has 44 heavy (non-hydrogen) atoms. The molecular weight excluding hydrogens is 663 g/mol. The highest BCUT2D eigenvalue weighted by Gasteiger charge is 2.07. The lowest BCUT2D eigenvalue weighted by Crippen LogP contribution is -1.93. The average Bonchev–Trinajstić information content (AvgIpc) is 3.71. The Hall–Kier alpha value is -1.83. The first-order valence-electron chi connectivity index (χ1n) is 14.4. The summed E-state index contributed by atoms with van der Waals surface area (Å²) in [6.07, 6.45) is 1.94. The first kappa shape index (κ1) is 38.4. The predicted molar refractivity (Wildman–Crippen MR) is 201 cm³/mol. The second-order valence-electron chi connectivity index (χ2n) is 10.2. The van der Waals surface area contributed by atoms with E-state index in [0.29, 0.717) is 5.25 Å². The van der Waals surface area contributed by atoms with E-state index in [0.717, 1.165) is 38.6 Å². The van der Waals surface area contributed by atoms with Crippen molar-refractivity contribution in [3.05, 3.63) is 76.8 Å². The number of benzene rings is 3. The molecule has 0 aliphatic rings. The summed E-state index contributed by atoms with van der Waals surface area (Å²) in [7, 11) is 0. The molecule has 0 saturated heterocycles. The van der Waals surface area contributed by atoms with Crippen LogP contribution in [0.25, 0.3) is 30.6 Å². The molecular formula is C33H42N3O2S6-. The molecule has 0 aliphatic heterocycles. The molecule has 5 nitrogen and oxygen atoms in total. The van der Waals surface area contributed by atoms with Gasteiger partial charge in [0.2, 0.25) is 0 Å². The molecule has 3 N–H and O–H groups in total. The normalized spacial score (nSPS) is 11.9. The molecule has 0 radical (unpaired) electrons. The molecule has 0 aliphatic carbocycles. The number of thiazole rings is 3. The third-order valence-electron chi connectivity index (χ3n) is 5.88. The van der Waals surface area contributed by atoms with Crippen molar-refractivity contribution in [1.82, 2.24) is 15.0 Å². The van der Waals surface area contributed by atoms with Crippen LogP contribution in [0.1, 0.15) is 54.4 Å². The smallest absolute Gasteiger partial charge is 0.159 e. The van der Waals surface area contributed by atoms with E-state index in [9.17, 15) is 0 Å². The number of fused-ring (bicyclic) bond motifs is 3. The number of para-hydroxylation sites is 3. The summed E-state index contributed by atoms with van der Waals surface area (Å²) in [6, 6.07) is 24.7. The maximum atomic E-state index is 8.36. The van der Waals surface area contributed by atoms with Crippen molar-refractivity contribution in [2.45, 2.75) is 74.4 Å². The highest BCUT2D eigenvalue weighted by molar-refractivity contribution is 8.01. The maximum absolute atomic E-state index is 8.36. The van der Waals surface area contributed by atoms with Crippen molar-refractivity contribution < 1.29 is 10.6 Å². The van der Waals surface area contributed by atoms with Crippen LogP contribution in [0.3, 0.4) is 0 Å². The lowest BCUT2D eigenvalue weighted by atomic mass is 10.3. The van der Waals surface area contributed by atoms with Crippen LogP contribution >= 0.6 is 69.8 Å². The number of hydrogen-bond donors (Lipinski definition) is 2. The average molecular weight is 705 g/mol. The van der Waals surface area contributed by atoms with Crippen LogP contribution in [-0.2, 0) is 0 Å². The van der Waals surface area contributed by atoms with E-state index in [1.54, 1.807) is 40.9 Å². The van der Waals surface area contributed by atoms with E-state index in [4.69, 9.17) is 17.3 Å². The zero-order valence-electron chi connectivity index (χ0n) is 26.0. The number of aliphatic hydroxyl groups is 1. The summed E-state index contributed by atoms with van der Waals surface area (Å²) in [4.78, 5) is 12.2. The topological polar surface area (TPSA) is 91.8 Å². The largest absolute Gasteiger partial charge is 0.870 e. The summed E-state index contributed by atoms with van der Waals surface area (Å²) < 4.78 is 7.05. The maximum Gasteiger partial charge on any atom is 0.159 e. The number of thioether (sulfide) groups is 2. The third kappa shape index (κ3) is 13.3. The molecule has 238 valence electrons. The quantitative estimate of drug-likeness (QED) is 0.126. The molecule has 2 atom stereocenters. The number of hydrogen-bond acceptors (Lipinski definition) is 10. The van der Waals surface area contributed by atoms with Crippen molar-refractivity contribution in [1.29, 1.82) is 0 Å². The Bertz CT molecular complexity index is 1600. The number of aromatic nitrogens is 3. The zero-order chi connectivity index (χ0) is 31.2. The van der Waals surface area contributed by atoms with Gasteiger partial charge >= 0.3 is 0 Å². The summed E-state index contributed by atoms with van der Waals surface area (Å²) in [5, 5.41) is 9.02. The van der Waals surface area contributed by atoms with Crippen LogP contribution < -0.4 is 0 Å². The van der Waals surface area contributed by atoms with Gasteiger partial charge in [0.15, 0.2) is 12.6 Å². The molecule has 11 heteroatoms. The molecule has 0 bridgehead atoms. The summed E-state index contributed by atoms with van der Waals surface area (Å²) >= 11 is 13.9. The molecule has 0 amide bonds. The number of rotatable bonds is 7. The first-order valence-corrected chi connectivity index (χ1v) is 19.2. The van der Waals surface area contributed by atoms with Gasteiger partial charge in [0.05, 0.1) is 36.8 Å². The Labute approximate surface area is 286 Å². The molecule has 0 saturated carbocycles. The van der Waals surface area contributed by atoms with E-state index >= 15 is 0 Å². The van der Waals surface area contributed by atoms with Crippen molar-refractivity contribution in [2.24, 2.45) is 5.92 Å². The predicted octanol–water partition coefficient (Wildman–Crippen LogP) is 11.8. The van der Waals surface area contributed by atoms with Crippen LogP contribution in [0.4, 0.5) is 0 Å². The first-order chi connectivity index (χ1) is 20.7. The minimum absolute atomic E-state index is 0. The van der Waals surface area contributed by atoms with Gasteiger partial charge < -0.3 is 15.6 Å². The molecule has 3 heterocycles. The van der Waals surface area contributed by atoms with E-state index in [2.05, 4.69) is 85.1 Å². The lowest BCUT2D eigenvalue weighted by molar-refractivity contribution is 0.191. The Kier molecular flexibility index (Phi) is 17.7. The molecule has 0 fully saturated rings. The number of nitrogens with one attached hydrogen (secondary N) is 1. The van der Waals surface area contributed by atoms with Crippen LogP contribution in [0, 0.1) is 9.87 Å². The SMILES string of the molecule is CC(C)CSc1nc2ccccc2s1.CCC(C)O.CCC(C)Sc1nc2ccccc2s1.S=c1[nH]c2ccccc2s1.[OH-]. The number of aliphatic hydroxyl groups excluding tert-OH is 1. The summed E-state index contributed by atoms with van der Waals surface area (Å²) in [5.41, 5.74) is 3.39. The Balaban J connectivity index is 0.000000214. The highest BCUT2D eigenvalue weighted by Crippen LogP contribution is 2.33. The Morgan fingerprint density at radius 2 is 1.25 bits per heavy atom. The van der Waals surface area contributed by atoms with Gasteiger partial charge in [-0.2, -0.15) is 0 Å². The van der Waals surface area contributed by atoms with E-state index in [-0.39, 0.29) is 11.6 Å². The lowest BCUT2D eigenvalue weighted by Gasteiger charge is -2.02. The second-order valence-corrected chi connectivity index (χ2v) is 16.9. The van der Waals surface area contributed by atoms with E-state index in [1.807, 2.05) is 60.8 Å². The van der Waals surface area contributed by atoms with Gasteiger partial charge in [-0.25, -0.2) is 9.97 Å². The van der Waals surface area contributed by atoms with Gasteiger partial charge in [0, 0.05) is 11.0 Å². The fraction of sp³-hybridized carbons (Fsp3) is 0.364. The second kappa shape index (κ2) is 20.3. The zero-order valence-corrected chi connectivity index (χ0v) is 30.9. The van der Waals surface area contributed by atoms with Gasteiger partial charge in [0.1, 0.15) is 0 Å². The van der Waals surface area contributed by atoms with Crippen LogP contribution in [0.5, 0.6) is 0 Å². The van der Waals surface area contributed by atoms with Crippen molar-refractivity contribution in [3.63, 3.8) is 0 Å². The van der Waals surface area contributed by atoms with Crippen molar-refractivity contribution in [2.75, 3.05) is 5.75 Å².